The molecule has 0 radical (unpaired) electrons. The molecule has 1 fully saturated rings. The number of nitrogens with zero attached hydrogens (tertiary/aromatic N) is 1. The zero-order valence-electron chi connectivity index (χ0n) is 9.90. The highest BCUT2D eigenvalue weighted by Crippen LogP contribution is 2.29. The minimum absolute atomic E-state index is 0.225. The Balaban J connectivity index is 2.06. The zero-order chi connectivity index (χ0) is 12.7. The SMILES string of the molecule is Cc1c(C(=O)N2CCCO2)oc2ccc(Cl)cc12. The number of rotatable bonds is 1. The number of furan rings is 1. The number of aryl methyl sites for hydroxylation is 1. The van der Waals surface area contributed by atoms with Crippen LogP contribution in [0.25, 0.3) is 11.0 Å². The summed E-state index contributed by atoms with van der Waals surface area (Å²) in [6.45, 7) is 3.04. The molecule has 0 atom stereocenters. The Morgan fingerprint density at radius 1 is 1.44 bits per heavy atom. The molecule has 94 valence electrons. The standard InChI is InChI=1S/C13H12ClNO3/c1-8-10-7-9(14)3-4-11(10)18-12(8)13(16)15-5-2-6-17-15/h3-4,7H,2,5-6H2,1H3. The zero-order valence-corrected chi connectivity index (χ0v) is 10.7. The third kappa shape index (κ3) is 1.78. The fourth-order valence-electron chi connectivity index (χ4n) is 2.12. The molecule has 2 heterocycles. The van der Waals surface area contributed by atoms with E-state index < -0.39 is 0 Å². The second-order valence-corrected chi connectivity index (χ2v) is 4.73. The average molecular weight is 266 g/mol. The van der Waals surface area contributed by atoms with Crippen LogP contribution in [0.3, 0.4) is 0 Å². The van der Waals surface area contributed by atoms with Crippen LogP contribution in [-0.2, 0) is 4.84 Å². The van der Waals surface area contributed by atoms with Crippen molar-refractivity contribution in [3.8, 4) is 0 Å². The lowest BCUT2D eigenvalue weighted by Crippen LogP contribution is -2.26. The lowest BCUT2D eigenvalue weighted by atomic mass is 10.1. The van der Waals surface area contributed by atoms with Crippen molar-refractivity contribution in [2.75, 3.05) is 13.2 Å². The van der Waals surface area contributed by atoms with Crippen molar-refractivity contribution >= 4 is 28.5 Å². The van der Waals surface area contributed by atoms with Crippen molar-refractivity contribution in [2.45, 2.75) is 13.3 Å². The van der Waals surface area contributed by atoms with E-state index in [4.69, 9.17) is 20.9 Å². The molecule has 0 saturated carbocycles. The Bertz CT molecular complexity index is 614. The molecule has 1 saturated heterocycles. The number of halogens is 1. The second kappa shape index (κ2) is 4.30. The van der Waals surface area contributed by atoms with Gasteiger partial charge in [0.1, 0.15) is 5.58 Å². The first-order valence-corrected chi connectivity index (χ1v) is 6.18. The molecule has 1 aliphatic heterocycles. The van der Waals surface area contributed by atoms with Gasteiger partial charge in [-0.05, 0) is 31.5 Å². The molecule has 3 rings (SSSR count). The van der Waals surface area contributed by atoms with Crippen molar-refractivity contribution < 1.29 is 14.0 Å². The quantitative estimate of drug-likeness (QED) is 0.795. The Morgan fingerprint density at radius 3 is 3.00 bits per heavy atom. The van der Waals surface area contributed by atoms with E-state index in [1.807, 2.05) is 6.92 Å². The summed E-state index contributed by atoms with van der Waals surface area (Å²) in [5.74, 6) is 0.103. The van der Waals surface area contributed by atoms with Crippen molar-refractivity contribution in [1.82, 2.24) is 5.06 Å². The first-order chi connectivity index (χ1) is 8.66. The lowest BCUT2D eigenvalue weighted by Gasteiger charge is -2.11. The number of carbonyl (C=O) groups is 1. The maximum Gasteiger partial charge on any atom is 0.313 e. The maximum absolute atomic E-state index is 12.2. The molecular formula is C13H12ClNO3. The highest BCUT2D eigenvalue weighted by atomic mass is 35.5. The van der Waals surface area contributed by atoms with Crippen LogP contribution in [0.2, 0.25) is 5.02 Å². The van der Waals surface area contributed by atoms with Crippen LogP contribution in [0.1, 0.15) is 22.5 Å². The molecule has 5 heteroatoms. The van der Waals surface area contributed by atoms with Gasteiger partial charge >= 0.3 is 5.91 Å². The molecule has 0 aliphatic carbocycles. The molecule has 18 heavy (non-hydrogen) atoms. The van der Waals surface area contributed by atoms with E-state index in [1.54, 1.807) is 18.2 Å². The maximum atomic E-state index is 12.2. The number of benzene rings is 1. The van der Waals surface area contributed by atoms with Gasteiger partial charge in [0.15, 0.2) is 5.76 Å². The molecule has 0 N–H and O–H groups in total. The molecule has 1 aromatic carbocycles. The van der Waals surface area contributed by atoms with Gasteiger partial charge in [0.05, 0.1) is 13.2 Å². The van der Waals surface area contributed by atoms with Crippen LogP contribution in [0.4, 0.5) is 0 Å². The first kappa shape index (κ1) is 11.6. The van der Waals surface area contributed by atoms with Gasteiger partial charge in [0, 0.05) is 16.0 Å². The summed E-state index contributed by atoms with van der Waals surface area (Å²) in [7, 11) is 0. The largest absolute Gasteiger partial charge is 0.451 e. The minimum atomic E-state index is -0.225. The Morgan fingerprint density at radius 2 is 2.28 bits per heavy atom. The molecule has 0 bridgehead atoms. The molecule has 1 amide bonds. The molecule has 2 aromatic rings. The predicted octanol–water partition coefficient (Wildman–Crippen LogP) is 3.17. The summed E-state index contributed by atoms with van der Waals surface area (Å²) in [6, 6.07) is 5.32. The summed E-state index contributed by atoms with van der Waals surface area (Å²) >= 11 is 5.94. The number of amides is 1. The predicted molar refractivity (Wildman–Crippen MR) is 67.6 cm³/mol. The smallest absolute Gasteiger partial charge is 0.313 e. The normalized spacial score (nSPS) is 15.6. The fraction of sp³-hybridized carbons (Fsp3) is 0.308. The van der Waals surface area contributed by atoms with E-state index >= 15 is 0 Å². The number of hydroxylamine groups is 2. The summed E-state index contributed by atoms with van der Waals surface area (Å²) in [6.07, 6.45) is 0.858. The van der Waals surface area contributed by atoms with Crippen LogP contribution in [0.15, 0.2) is 22.6 Å². The van der Waals surface area contributed by atoms with Gasteiger partial charge in [-0.2, -0.15) is 0 Å². The molecule has 4 nitrogen and oxygen atoms in total. The van der Waals surface area contributed by atoms with Gasteiger partial charge in [-0.25, -0.2) is 5.06 Å². The van der Waals surface area contributed by atoms with Gasteiger partial charge < -0.3 is 4.42 Å². The van der Waals surface area contributed by atoms with E-state index in [-0.39, 0.29) is 5.91 Å². The Kier molecular flexibility index (Phi) is 2.76. The lowest BCUT2D eigenvalue weighted by molar-refractivity contribution is -0.0784. The number of fused-ring (bicyclic) bond motifs is 1. The number of hydrogen-bond donors (Lipinski definition) is 0. The monoisotopic (exact) mass is 265 g/mol. The van der Waals surface area contributed by atoms with E-state index in [9.17, 15) is 4.79 Å². The van der Waals surface area contributed by atoms with Crippen molar-refractivity contribution in [3.05, 3.63) is 34.5 Å². The summed E-state index contributed by atoms with van der Waals surface area (Å²) in [4.78, 5) is 17.4. The van der Waals surface area contributed by atoms with E-state index in [2.05, 4.69) is 0 Å². The van der Waals surface area contributed by atoms with Crippen LogP contribution in [0, 0.1) is 6.92 Å². The van der Waals surface area contributed by atoms with Crippen molar-refractivity contribution in [3.63, 3.8) is 0 Å². The van der Waals surface area contributed by atoms with Gasteiger partial charge in [-0.3, -0.25) is 9.63 Å². The molecule has 1 aliphatic rings. The van der Waals surface area contributed by atoms with Crippen LogP contribution >= 0.6 is 11.6 Å². The third-order valence-corrected chi connectivity index (χ3v) is 3.31. The van der Waals surface area contributed by atoms with E-state index in [0.29, 0.717) is 29.5 Å². The van der Waals surface area contributed by atoms with Crippen molar-refractivity contribution in [2.24, 2.45) is 0 Å². The molecule has 0 spiro atoms. The Hall–Kier alpha value is -1.52. The summed E-state index contributed by atoms with van der Waals surface area (Å²) < 4.78 is 5.60. The minimum Gasteiger partial charge on any atom is -0.451 e. The highest BCUT2D eigenvalue weighted by molar-refractivity contribution is 6.31. The van der Waals surface area contributed by atoms with Gasteiger partial charge in [-0.15, -0.1) is 0 Å². The van der Waals surface area contributed by atoms with E-state index in [1.165, 1.54) is 5.06 Å². The Labute approximate surface area is 109 Å². The van der Waals surface area contributed by atoms with Gasteiger partial charge in [-0.1, -0.05) is 11.6 Å². The van der Waals surface area contributed by atoms with Crippen molar-refractivity contribution in [1.29, 1.82) is 0 Å². The average Bonchev–Trinajstić information content (AvgIpc) is 2.98. The third-order valence-electron chi connectivity index (χ3n) is 3.07. The molecular weight excluding hydrogens is 254 g/mol. The number of hydrogen-bond acceptors (Lipinski definition) is 3. The fourth-order valence-corrected chi connectivity index (χ4v) is 2.29. The molecule has 0 unspecified atom stereocenters. The number of carbonyl (C=O) groups excluding carboxylic acids is 1. The van der Waals surface area contributed by atoms with Gasteiger partial charge in [0.25, 0.3) is 0 Å². The van der Waals surface area contributed by atoms with Gasteiger partial charge in [0.2, 0.25) is 0 Å². The van der Waals surface area contributed by atoms with E-state index in [0.717, 1.165) is 17.4 Å². The van der Waals surface area contributed by atoms with Crippen LogP contribution in [-0.4, -0.2) is 24.1 Å². The first-order valence-electron chi connectivity index (χ1n) is 5.80. The highest BCUT2D eigenvalue weighted by Gasteiger charge is 2.26. The topological polar surface area (TPSA) is 42.7 Å². The van der Waals surface area contributed by atoms with Crippen LogP contribution in [0.5, 0.6) is 0 Å². The molecule has 1 aromatic heterocycles. The van der Waals surface area contributed by atoms with Crippen LogP contribution < -0.4 is 0 Å². The second-order valence-electron chi connectivity index (χ2n) is 4.29. The summed E-state index contributed by atoms with van der Waals surface area (Å²) in [5.41, 5.74) is 1.47. The summed E-state index contributed by atoms with van der Waals surface area (Å²) in [5, 5.41) is 2.85.